The third-order valence-corrected chi connectivity index (χ3v) is 6.70. The van der Waals surface area contributed by atoms with Crippen LogP contribution in [0.4, 0.5) is 13.2 Å². The monoisotopic (exact) mass is 468 g/mol. The van der Waals surface area contributed by atoms with E-state index in [-0.39, 0.29) is 24.1 Å². The summed E-state index contributed by atoms with van der Waals surface area (Å²) >= 11 is 0. The lowest BCUT2D eigenvalue weighted by Crippen LogP contribution is -2.13. The van der Waals surface area contributed by atoms with Crippen LogP contribution in [0.3, 0.4) is 0 Å². The third kappa shape index (κ3) is 5.64. The van der Waals surface area contributed by atoms with Crippen molar-refractivity contribution in [3.63, 3.8) is 0 Å². The Balaban J connectivity index is 1.40. The molecule has 34 heavy (non-hydrogen) atoms. The molecule has 0 amide bonds. The van der Waals surface area contributed by atoms with Crippen LogP contribution in [0.15, 0.2) is 54.6 Å². The van der Waals surface area contributed by atoms with Crippen molar-refractivity contribution in [3.8, 4) is 16.9 Å². The van der Waals surface area contributed by atoms with E-state index in [4.69, 9.17) is 9.47 Å². The van der Waals surface area contributed by atoms with Gasteiger partial charge in [0.1, 0.15) is 12.4 Å². The van der Waals surface area contributed by atoms with Crippen molar-refractivity contribution in [2.45, 2.75) is 58.7 Å². The topological polar surface area (TPSA) is 18.5 Å². The second kappa shape index (κ2) is 11.1. The van der Waals surface area contributed by atoms with Crippen LogP contribution >= 0.6 is 0 Å². The molecule has 0 radical (unpaired) electrons. The van der Waals surface area contributed by atoms with Gasteiger partial charge < -0.3 is 9.47 Å². The first-order valence-corrected chi connectivity index (χ1v) is 12.0. The smallest absolute Gasteiger partial charge is 0.200 e. The quantitative estimate of drug-likeness (QED) is 0.332. The molecule has 3 aromatic rings. The van der Waals surface area contributed by atoms with Crippen molar-refractivity contribution >= 4 is 0 Å². The molecule has 0 saturated heterocycles. The van der Waals surface area contributed by atoms with E-state index in [0.717, 1.165) is 42.4 Å². The van der Waals surface area contributed by atoms with E-state index in [1.54, 1.807) is 36.4 Å². The van der Waals surface area contributed by atoms with E-state index in [1.807, 2.05) is 13.0 Å². The average Bonchev–Trinajstić information content (AvgIpc) is 2.85. The minimum Gasteiger partial charge on any atom is -0.486 e. The Labute approximate surface area is 199 Å². The molecule has 1 saturated carbocycles. The minimum atomic E-state index is -0.929. The molecular formula is C29H31F3O2. The highest BCUT2D eigenvalue weighted by molar-refractivity contribution is 5.64. The standard InChI is InChI=1S/C29H31F3O2/c1-3-33-17-21-8-13-24(26(30)16-21)22-11-6-20(7-12-22)18-34-27-15-14-25(28(31)29(27)32)23-9-4-19(2)5-10-23/h6-8,11-16,19,23H,3-5,9-10,17-18H2,1-2H3. The maximum Gasteiger partial charge on any atom is 0.200 e. The van der Waals surface area contributed by atoms with Gasteiger partial charge in [-0.15, -0.1) is 0 Å². The van der Waals surface area contributed by atoms with Crippen molar-refractivity contribution < 1.29 is 22.6 Å². The minimum absolute atomic E-state index is 0.0703. The summed E-state index contributed by atoms with van der Waals surface area (Å²) < 4.78 is 54.9. The van der Waals surface area contributed by atoms with Crippen LogP contribution in [0.5, 0.6) is 5.75 Å². The van der Waals surface area contributed by atoms with E-state index in [0.29, 0.717) is 30.3 Å². The van der Waals surface area contributed by atoms with Gasteiger partial charge in [0, 0.05) is 12.2 Å². The summed E-state index contributed by atoms with van der Waals surface area (Å²) in [5.41, 5.74) is 3.24. The molecular weight excluding hydrogens is 437 g/mol. The Morgan fingerprint density at radius 1 is 0.794 bits per heavy atom. The Hall–Kier alpha value is -2.79. The Bertz CT molecular complexity index is 1100. The molecule has 4 rings (SSSR count). The molecule has 0 atom stereocenters. The van der Waals surface area contributed by atoms with Gasteiger partial charge in [-0.1, -0.05) is 62.2 Å². The lowest BCUT2D eigenvalue weighted by Gasteiger charge is -2.27. The summed E-state index contributed by atoms with van der Waals surface area (Å²) in [7, 11) is 0. The van der Waals surface area contributed by atoms with Crippen LogP contribution in [0, 0.1) is 23.4 Å². The molecule has 3 aromatic carbocycles. The van der Waals surface area contributed by atoms with Gasteiger partial charge in [-0.25, -0.2) is 8.78 Å². The van der Waals surface area contributed by atoms with Gasteiger partial charge in [0.25, 0.3) is 0 Å². The van der Waals surface area contributed by atoms with Crippen molar-refractivity contribution in [1.29, 1.82) is 0 Å². The van der Waals surface area contributed by atoms with Gasteiger partial charge in [-0.3, -0.25) is 0 Å². The van der Waals surface area contributed by atoms with E-state index in [1.165, 1.54) is 12.1 Å². The molecule has 1 aliphatic rings. The van der Waals surface area contributed by atoms with Crippen LogP contribution in [0.1, 0.15) is 62.1 Å². The highest BCUT2D eigenvalue weighted by Crippen LogP contribution is 2.38. The lowest BCUT2D eigenvalue weighted by atomic mass is 9.79. The first kappa shape index (κ1) is 24.3. The molecule has 0 bridgehead atoms. The van der Waals surface area contributed by atoms with Crippen molar-refractivity contribution in [3.05, 3.63) is 88.7 Å². The van der Waals surface area contributed by atoms with Gasteiger partial charge in [-0.05, 0) is 66.0 Å². The van der Waals surface area contributed by atoms with Crippen LogP contribution < -0.4 is 4.74 Å². The molecule has 2 nitrogen and oxygen atoms in total. The summed E-state index contributed by atoms with van der Waals surface area (Å²) in [4.78, 5) is 0. The van der Waals surface area contributed by atoms with E-state index in [9.17, 15) is 13.2 Å². The first-order valence-electron chi connectivity index (χ1n) is 12.0. The fourth-order valence-corrected chi connectivity index (χ4v) is 4.59. The predicted molar refractivity (Wildman–Crippen MR) is 128 cm³/mol. The summed E-state index contributed by atoms with van der Waals surface area (Å²) in [6, 6.07) is 15.4. The van der Waals surface area contributed by atoms with Gasteiger partial charge in [-0.2, -0.15) is 4.39 Å². The third-order valence-electron chi connectivity index (χ3n) is 6.70. The zero-order valence-electron chi connectivity index (χ0n) is 19.8. The number of halogens is 3. The predicted octanol–water partition coefficient (Wildman–Crippen LogP) is 8.18. The number of ether oxygens (including phenoxy) is 2. The first-order chi connectivity index (χ1) is 16.5. The van der Waals surface area contributed by atoms with E-state index >= 15 is 0 Å². The molecule has 0 aliphatic heterocycles. The molecule has 0 unspecified atom stereocenters. The Morgan fingerprint density at radius 2 is 1.50 bits per heavy atom. The molecule has 0 N–H and O–H groups in total. The zero-order valence-corrected chi connectivity index (χ0v) is 19.8. The summed E-state index contributed by atoms with van der Waals surface area (Å²) in [6.07, 6.45) is 3.86. The summed E-state index contributed by atoms with van der Waals surface area (Å²) in [5, 5.41) is 0. The fraction of sp³-hybridized carbons (Fsp3) is 0.379. The highest BCUT2D eigenvalue weighted by Gasteiger charge is 2.25. The van der Waals surface area contributed by atoms with Crippen molar-refractivity contribution in [2.75, 3.05) is 6.61 Å². The van der Waals surface area contributed by atoms with Gasteiger partial charge in [0.2, 0.25) is 5.82 Å². The maximum atomic E-state index is 14.7. The molecule has 0 heterocycles. The normalized spacial score (nSPS) is 18.1. The molecule has 5 heteroatoms. The maximum absolute atomic E-state index is 14.7. The molecule has 0 aromatic heterocycles. The Kier molecular flexibility index (Phi) is 7.94. The van der Waals surface area contributed by atoms with Gasteiger partial charge in [0.05, 0.1) is 6.61 Å². The summed E-state index contributed by atoms with van der Waals surface area (Å²) in [5.74, 6) is -1.41. The fourth-order valence-electron chi connectivity index (χ4n) is 4.59. The average molecular weight is 469 g/mol. The van der Waals surface area contributed by atoms with Gasteiger partial charge >= 0.3 is 0 Å². The molecule has 1 aliphatic carbocycles. The van der Waals surface area contributed by atoms with Crippen LogP contribution in [0.25, 0.3) is 11.1 Å². The summed E-state index contributed by atoms with van der Waals surface area (Å²) in [6.45, 7) is 5.14. The molecule has 0 spiro atoms. The second-order valence-corrected chi connectivity index (χ2v) is 9.17. The number of hydrogen-bond donors (Lipinski definition) is 0. The van der Waals surface area contributed by atoms with Crippen LogP contribution in [-0.2, 0) is 18.0 Å². The molecule has 180 valence electrons. The zero-order chi connectivity index (χ0) is 24.1. The van der Waals surface area contributed by atoms with Crippen LogP contribution in [0.2, 0.25) is 0 Å². The van der Waals surface area contributed by atoms with Crippen molar-refractivity contribution in [1.82, 2.24) is 0 Å². The molecule has 1 fully saturated rings. The van der Waals surface area contributed by atoms with Crippen LogP contribution in [-0.4, -0.2) is 6.61 Å². The SMILES string of the molecule is CCOCc1ccc(-c2ccc(COc3ccc(C4CCC(C)CC4)c(F)c3F)cc2)c(F)c1. The number of benzene rings is 3. The Morgan fingerprint density at radius 3 is 2.18 bits per heavy atom. The van der Waals surface area contributed by atoms with E-state index < -0.39 is 11.6 Å². The number of hydrogen-bond acceptors (Lipinski definition) is 2. The lowest BCUT2D eigenvalue weighted by molar-refractivity contribution is 0.134. The highest BCUT2D eigenvalue weighted by atomic mass is 19.2. The van der Waals surface area contributed by atoms with E-state index in [2.05, 4.69) is 6.92 Å². The number of rotatable bonds is 8. The van der Waals surface area contributed by atoms with Crippen molar-refractivity contribution in [2.24, 2.45) is 5.92 Å². The second-order valence-electron chi connectivity index (χ2n) is 9.17. The van der Waals surface area contributed by atoms with Gasteiger partial charge in [0.15, 0.2) is 11.6 Å². The largest absolute Gasteiger partial charge is 0.486 e.